The number of aromatic nitrogens is 4. The van der Waals surface area contributed by atoms with Crippen LogP contribution < -0.4 is 5.73 Å². The molecule has 7 heteroatoms. The van der Waals surface area contributed by atoms with Crippen LogP contribution in [0.25, 0.3) is 22.2 Å². The van der Waals surface area contributed by atoms with Gasteiger partial charge in [-0.1, -0.05) is 6.07 Å². The molecule has 0 aliphatic carbocycles. The number of amides is 1. The Hall–Kier alpha value is -2.47. The summed E-state index contributed by atoms with van der Waals surface area (Å²) < 4.78 is 1.02. The second-order valence-electron chi connectivity index (χ2n) is 3.70. The Morgan fingerprint density at radius 1 is 1.32 bits per heavy atom. The van der Waals surface area contributed by atoms with Crippen molar-refractivity contribution in [3.63, 3.8) is 0 Å². The number of primary amides is 1. The minimum absolute atomic E-state index is 0. The lowest BCUT2D eigenvalue weighted by molar-refractivity contribution is 0.248. The molecule has 3 aromatic rings. The monoisotopic (exact) mass is 274 g/mol. The summed E-state index contributed by atoms with van der Waals surface area (Å²) >= 11 is 0. The number of halogens is 1. The zero-order chi connectivity index (χ0) is 12.5. The van der Waals surface area contributed by atoms with Crippen LogP contribution >= 0.6 is 12.4 Å². The van der Waals surface area contributed by atoms with E-state index in [4.69, 9.17) is 5.73 Å². The standard InChI is InChI=1S/C12H8N5O.ClH/c13-12(18)17-11-10(7-16-17)4-9(6-15-11)8-2-1-3-14-5-8;/h1-6H,(H2,13,18);1H. The molecule has 1 amide bonds. The van der Waals surface area contributed by atoms with Crippen LogP contribution in [0.1, 0.15) is 0 Å². The smallest absolute Gasteiger partial charge is 0.341 e. The zero-order valence-corrected chi connectivity index (χ0v) is 10.5. The van der Waals surface area contributed by atoms with Crippen LogP contribution in [0.3, 0.4) is 0 Å². The first-order valence-corrected chi connectivity index (χ1v) is 5.22. The lowest BCUT2D eigenvalue weighted by Crippen LogP contribution is -2.20. The first kappa shape index (κ1) is 13.0. The van der Waals surface area contributed by atoms with Gasteiger partial charge in [0.15, 0.2) is 5.65 Å². The maximum absolute atomic E-state index is 11.1. The van der Waals surface area contributed by atoms with E-state index in [2.05, 4.69) is 21.3 Å². The predicted octanol–water partition coefficient (Wildman–Crippen LogP) is 1.64. The van der Waals surface area contributed by atoms with Gasteiger partial charge in [-0.3, -0.25) is 4.98 Å². The summed E-state index contributed by atoms with van der Waals surface area (Å²) in [6.45, 7) is 0. The molecule has 6 nitrogen and oxygen atoms in total. The first-order chi connectivity index (χ1) is 8.75. The average Bonchev–Trinajstić information content (AvgIpc) is 2.82. The summed E-state index contributed by atoms with van der Waals surface area (Å²) in [5, 5.41) is 4.40. The van der Waals surface area contributed by atoms with Gasteiger partial charge in [-0.2, -0.15) is 9.78 Å². The van der Waals surface area contributed by atoms with Crippen molar-refractivity contribution in [2.45, 2.75) is 0 Å². The third-order valence-electron chi connectivity index (χ3n) is 2.54. The van der Waals surface area contributed by atoms with Crippen LogP contribution in [0.15, 0.2) is 36.8 Å². The van der Waals surface area contributed by atoms with E-state index in [1.54, 1.807) is 18.6 Å². The van der Waals surface area contributed by atoms with Crippen molar-refractivity contribution < 1.29 is 4.79 Å². The third-order valence-corrected chi connectivity index (χ3v) is 2.54. The summed E-state index contributed by atoms with van der Waals surface area (Å²) in [6, 6.07) is 4.93. The van der Waals surface area contributed by atoms with Crippen molar-refractivity contribution >= 4 is 29.5 Å². The first-order valence-electron chi connectivity index (χ1n) is 5.22. The van der Waals surface area contributed by atoms with Crippen LogP contribution in [-0.2, 0) is 0 Å². The summed E-state index contributed by atoms with van der Waals surface area (Å²) in [4.78, 5) is 19.3. The zero-order valence-electron chi connectivity index (χ0n) is 9.65. The van der Waals surface area contributed by atoms with Gasteiger partial charge in [0.2, 0.25) is 0 Å². The van der Waals surface area contributed by atoms with Crippen LogP contribution in [0, 0.1) is 6.20 Å². The highest BCUT2D eigenvalue weighted by Crippen LogP contribution is 2.21. The predicted molar refractivity (Wildman–Crippen MR) is 71.8 cm³/mol. The van der Waals surface area contributed by atoms with Crippen molar-refractivity contribution in [2.75, 3.05) is 0 Å². The Balaban J connectivity index is 0.00000133. The lowest BCUT2D eigenvalue weighted by Gasteiger charge is -2.00. The van der Waals surface area contributed by atoms with Gasteiger partial charge >= 0.3 is 6.03 Å². The molecule has 95 valence electrons. The van der Waals surface area contributed by atoms with Crippen molar-refractivity contribution in [3.05, 3.63) is 43.0 Å². The number of nitrogens with two attached hydrogens (primary N) is 1. The van der Waals surface area contributed by atoms with E-state index in [1.165, 1.54) is 0 Å². The molecule has 19 heavy (non-hydrogen) atoms. The largest absolute Gasteiger partial charge is 0.350 e. The molecule has 3 aromatic heterocycles. The molecular formula is C12H9ClN5O. The van der Waals surface area contributed by atoms with E-state index in [-0.39, 0.29) is 12.4 Å². The molecule has 0 spiro atoms. The number of pyridine rings is 2. The maximum atomic E-state index is 11.1. The van der Waals surface area contributed by atoms with E-state index in [9.17, 15) is 4.79 Å². The molecule has 0 aliphatic heterocycles. The van der Waals surface area contributed by atoms with Gasteiger partial charge in [-0.15, -0.1) is 12.4 Å². The molecule has 3 rings (SSSR count). The van der Waals surface area contributed by atoms with Crippen LogP contribution in [0.5, 0.6) is 0 Å². The Morgan fingerprint density at radius 3 is 2.84 bits per heavy atom. The highest BCUT2D eigenvalue weighted by Gasteiger charge is 2.09. The summed E-state index contributed by atoms with van der Waals surface area (Å²) in [5.41, 5.74) is 7.39. The fourth-order valence-electron chi connectivity index (χ4n) is 1.70. The molecule has 0 unspecified atom stereocenters. The van der Waals surface area contributed by atoms with Crippen molar-refractivity contribution in [3.8, 4) is 11.1 Å². The number of nitrogens with zero attached hydrogens (tertiary/aromatic N) is 4. The molecule has 0 aromatic carbocycles. The van der Waals surface area contributed by atoms with E-state index < -0.39 is 6.03 Å². The molecule has 3 heterocycles. The molecule has 2 N–H and O–H groups in total. The molecule has 0 bridgehead atoms. The van der Waals surface area contributed by atoms with E-state index in [0.717, 1.165) is 15.8 Å². The van der Waals surface area contributed by atoms with E-state index in [1.807, 2.05) is 18.2 Å². The number of carbonyl (C=O) groups is 1. The highest BCUT2D eigenvalue weighted by molar-refractivity contribution is 5.88. The summed E-state index contributed by atoms with van der Waals surface area (Å²) in [6.07, 6.45) is 7.79. The average molecular weight is 275 g/mol. The maximum Gasteiger partial charge on any atom is 0.341 e. The number of hydrogen-bond acceptors (Lipinski definition) is 4. The fraction of sp³-hybridized carbons (Fsp3) is 0. The molecule has 0 aliphatic rings. The third kappa shape index (κ3) is 2.25. The number of fused-ring (bicyclic) bond motifs is 1. The number of carbonyl (C=O) groups excluding carboxylic acids is 1. The van der Waals surface area contributed by atoms with Gasteiger partial charge < -0.3 is 5.73 Å². The van der Waals surface area contributed by atoms with Crippen molar-refractivity contribution in [1.29, 1.82) is 0 Å². The summed E-state index contributed by atoms with van der Waals surface area (Å²) in [5.74, 6) is 0. The van der Waals surface area contributed by atoms with Gasteiger partial charge in [0, 0.05) is 35.1 Å². The van der Waals surface area contributed by atoms with Gasteiger partial charge in [-0.25, -0.2) is 9.78 Å². The summed E-state index contributed by atoms with van der Waals surface area (Å²) in [7, 11) is 0. The molecule has 1 radical (unpaired) electrons. The molecule has 0 saturated carbocycles. The van der Waals surface area contributed by atoms with Crippen molar-refractivity contribution in [1.82, 2.24) is 19.7 Å². The second-order valence-corrected chi connectivity index (χ2v) is 3.70. The van der Waals surface area contributed by atoms with E-state index >= 15 is 0 Å². The molecular weight excluding hydrogens is 266 g/mol. The SMILES string of the molecule is Cl.NC(=O)n1n[c]c2cc(-c3cccnc3)cnc21. The van der Waals surface area contributed by atoms with Crippen LogP contribution in [0.4, 0.5) is 4.79 Å². The van der Waals surface area contributed by atoms with Crippen LogP contribution in [-0.4, -0.2) is 25.8 Å². The second kappa shape index (κ2) is 5.03. The molecule has 0 fully saturated rings. The fourth-order valence-corrected chi connectivity index (χ4v) is 1.70. The molecule has 0 atom stereocenters. The topological polar surface area (TPSA) is 86.7 Å². The normalized spacial score (nSPS) is 10.1. The number of hydrogen-bond donors (Lipinski definition) is 1. The van der Waals surface area contributed by atoms with Gasteiger partial charge in [-0.05, 0) is 12.1 Å². The van der Waals surface area contributed by atoms with Gasteiger partial charge in [0.25, 0.3) is 0 Å². The Morgan fingerprint density at radius 2 is 2.16 bits per heavy atom. The van der Waals surface area contributed by atoms with Gasteiger partial charge in [0.05, 0.1) is 0 Å². The molecule has 0 saturated heterocycles. The van der Waals surface area contributed by atoms with Crippen LogP contribution in [0.2, 0.25) is 0 Å². The Bertz CT molecular complexity index is 725. The lowest BCUT2D eigenvalue weighted by atomic mass is 10.1. The Kier molecular flexibility index (Phi) is 3.43. The van der Waals surface area contributed by atoms with Gasteiger partial charge in [0.1, 0.15) is 6.20 Å². The van der Waals surface area contributed by atoms with E-state index in [0.29, 0.717) is 11.0 Å². The quantitative estimate of drug-likeness (QED) is 0.731. The highest BCUT2D eigenvalue weighted by atomic mass is 35.5. The number of rotatable bonds is 1. The van der Waals surface area contributed by atoms with Crippen molar-refractivity contribution in [2.24, 2.45) is 5.73 Å². The Labute approximate surface area is 114 Å². The minimum atomic E-state index is -0.678. The minimum Gasteiger partial charge on any atom is -0.350 e.